The fourth-order valence-electron chi connectivity index (χ4n) is 2.80. The van der Waals surface area contributed by atoms with Gasteiger partial charge in [-0.25, -0.2) is 4.21 Å². The number of allylic oxidation sites excluding steroid dienone is 2. The molecule has 0 radical (unpaired) electrons. The van der Waals surface area contributed by atoms with Crippen LogP contribution in [-0.4, -0.2) is 10.5 Å². The third-order valence-corrected chi connectivity index (χ3v) is 5.88. The van der Waals surface area contributed by atoms with E-state index in [4.69, 9.17) is 0 Å². The molecular formula is C23H26O2S. The molecule has 0 heterocycles. The Morgan fingerprint density at radius 2 is 1.77 bits per heavy atom. The van der Waals surface area contributed by atoms with E-state index < -0.39 is 10.8 Å². The van der Waals surface area contributed by atoms with Gasteiger partial charge in [-0.1, -0.05) is 74.4 Å². The monoisotopic (exact) mass is 366 g/mol. The molecule has 26 heavy (non-hydrogen) atoms. The van der Waals surface area contributed by atoms with Crippen LogP contribution in [0.25, 0.3) is 6.08 Å². The Balaban J connectivity index is 2.51. The summed E-state index contributed by atoms with van der Waals surface area (Å²) in [4.78, 5) is 12.9. The molecule has 0 aliphatic rings. The molecule has 3 heteroatoms. The predicted octanol–water partition coefficient (Wildman–Crippen LogP) is 5.71. The van der Waals surface area contributed by atoms with E-state index in [9.17, 15) is 9.00 Å². The number of hydrogen-bond acceptors (Lipinski definition) is 2. The molecule has 0 N–H and O–H groups in total. The van der Waals surface area contributed by atoms with Gasteiger partial charge in [0.2, 0.25) is 0 Å². The zero-order chi connectivity index (χ0) is 18.9. The molecule has 136 valence electrons. The molecule has 0 aromatic heterocycles. The molecule has 2 rings (SSSR count). The van der Waals surface area contributed by atoms with E-state index in [0.717, 1.165) is 46.5 Å². The molecular weight excluding hydrogens is 340 g/mol. The summed E-state index contributed by atoms with van der Waals surface area (Å²) < 4.78 is 13.4. The number of carbonyl (C=O) groups is 1. The molecule has 2 aromatic rings. The largest absolute Gasteiger partial charge is 0.298 e. The molecule has 1 unspecified atom stereocenters. The van der Waals surface area contributed by atoms with Crippen LogP contribution in [0.3, 0.4) is 0 Å². The average Bonchev–Trinajstić information content (AvgIpc) is 2.67. The topological polar surface area (TPSA) is 34.1 Å². The van der Waals surface area contributed by atoms with Gasteiger partial charge in [-0.15, -0.1) is 0 Å². The smallest absolute Gasteiger partial charge is 0.146 e. The molecule has 0 amide bonds. The summed E-state index contributed by atoms with van der Waals surface area (Å²) in [5.41, 5.74) is 2.59. The van der Waals surface area contributed by atoms with Gasteiger partial charge in [0.25, 0.3) is 0 Å². The van der Waals surface area contributed by atoms with Crippen molar-refractivity contribution in [3.8, 4) is 0 Å². The summed E-state index contributed by atoms with van der Waals surface area (Å²) in [7, 11) is -1.34. The van der Waals surface area contributed by atoms with Crippen LogP contribution in [0.15, 0.2) is 76.5 Å². The van der Waals surface area contributed by atoms with Gasteiger partial charge in [0.05, 0.1) is 10.8 Å². The molecule has 2 aromatic carbocycles. The Kier molecular flexibility index (Phi) is 7.73. The first-order valence-corrected chi connectivity index (χ1v) is 10.1. The van der Waals surface area contributed by atoms with Gasteiger partial charge in [0, 0.05) is 15.7 Å². The highest BCUT2D eigenvalue weighted by Crippen LogP contribution is 2.31. The summed E-state index contributed by atoms with van der Waals surface area (Å²) in [6.07, 6.45) is 5.48. The molecule has 0 aliphatic heterocycles. The van der Waals surface area contributed by atoms with Crippen molar-refractivity contribution in [2.75, 3.05) is 0 Å². The Hall–Kier alpha value is -2.26. The van der Waals surface area contributed by atoms with Gasteiger partial charge in [0.1, 0.15) is 6.29 Å². The Labute approximate surface area is 159 Å². The van der Waals surface area contributed by atoms with Crippen molar-refractivity contribution in [2.45, 2.75) is 38.0 Å². The Morgan fingerprint density at radius 3 is 2.35 bits per heavy atom. The standard InChI is InChI=1S/C23H26O2S/c1-4-5-11-22(19(3)17-24)23(16-20-9-7-6-8-10-20)26(25)21-14-12-18(2)13-15-21/h6-10,12-17,22H,3-5,11H2,1-2H3/b23-16-/t22-,26?/m1/s1. The second kappa shape index (κ2) is 10.0. The third kappa shape index (κ3) is 5.37. The van der Waals surface area contributed by atoms with E-state index in [1.54, 1.807) is 0 Å². The summed E-state index contributed by atoms with van der Waals surface area (Å²) >= 11 is 0. The first-order valence-electron chi connectivity index (χ1n) is 8.95. The van der Waals surface area contributed by atoms with E-state index >= 15 is 0 Å². The van der Waals surface area contributed by atoms with Crippen molar-refractivity contribution < 1.29 is 9.00 Å². The molecule has 0 saturated carbocycles. The number of rotatable bonds is 9. The van der Waals surface area contributed by atoms with Gasteiger partial charge in [-0.2, -0.15) is 0 Å². The minimum Gasteiger partial charge on any atom is -0.298 e. The first-order chi connectivity index (χ1) is 12.6. The lowest BCUT2D eigenvalue weighted by atomic mass is 9.93. The lowest BCUT2D eigenvalue weighted by molar-refractivity contribution is -0.105. The zero-order valence-electron chi connectivity index (χ0n) is 15.5. The highest BCUT2D eigenvalue weighted by atomic mass is 32.2. The SMILES string of the molecule is C=C(C=O)[C@@H](CCCC)/C(=C/c1ccccc1)S(=O)c1ccc(C)cc1. The van der Waals surface area contributed by atoms with Gasteiger partial charge in [-0.05, 0) is 42.7 Å². The molecule has 2 nitrogen and oxygen atoms in total. The minimum absolute atomic E-state index is 0.213. The Bertz CT molecular complexity index is 789. The number of carbonyl (C=O) groups excluding carboxylic acids is 1. The van der Waals surface area contributed by atoms with Crippen LogP contribution in [0.2, 0.25) is 0 Å². The lowest BCUT2D eigenvalue weighted by Crippen LogP contribution is -2.13. The van der Waals surface area contributed by atoms with Crippen LogP contribution in [0.4, 0.5) is 0 Å². The summed E-state index contributed by atoms with van der Waals surface area (Å²) in [6.45, 7) is 8.05. The molecule has 0 fully saturated rings. The summed E-state index contributed by atoms with van der Waals surface area (Å²) in [6, 6.07) is 17.5. The molecule has 0 bridgehead atoms. The molecule has 2 atom stereocenters. The fraction of sp³-hybridized carbons (Fsp3) is 0.261. The van der Waals surface area contributed by atoms with Crippen LogP contribution in [0.5, 0.6) is 0 Å². The Morgan fingerprint density at radius 1 is 1.12 bits per heavy atom. The number of aryl methyl sites for hydroxylation is 1. The van der Waals surface area contributed by atoms with Crippen molar-refractivity contribution in [1.29, 1.82) is 0 Å². The molecule has 0 spiro atoms. The molecule has 0 saturated heterocycles. The first kappa shape index (κ1) is 20.1. The normalized spacial score (nSPS) is 13.8. The second-order valence-electron chi connectivity index (χ2n) is 6.43. The van der Waals surface area contributed by atoms with E-state index in [2.05, 4.69) is 13.5 Å². The zero-order valence-corrected chi connectivity index (χ0v) is 16.3. The highest BCUT2D eigenvalue weighted by Gasteiger charge is 2.23. The maximum Gasteiger partial charge on any atom is 0.146 e. The fourth-order valence-corrected chi connectivity index (χ4v) is 4.22. The number of aldehydes is 1. The van der Waals surface area contributed by atoms with Crippen molar-refractivity contribution in [3.63, 3.8) is 0 Å². The highest BCUT2D eigenvalue weighted by molar-refractivity contribution is 7.89. The summed E-state index contributed by atoms with van der Waals surface area (Å²) in [5, 5.41) is 0. The van der Waals surface area contributed by atoms with Crippen LogP contribution >= 0.6 is 0 Å². The van der Waals surface area contributed by atoms with E-state index in [-0.39, 0.29) is 5.92 Å². The summed E-state index contributed by atoms with van der Waals surface area (Å²) in [5.74, 6) is -0.213. The van der Waals surface area contributed by atoms with Crippen molar-refractivity contribution in [2.24, 2.45) is 5.92 Å². The van der Waals surface area contributed by atoms with E-state index in [1.165, 1.54) is 0 Å². The molecule has 0 aliphatic carbocycles. The van der Waals surface area contributed by atoms with Gasteiger partial charge >= 0.3 is 0 Å². The lowest BCUT2D eigenvalue weighted by Gasteiger charge is -2.20. The quantitative estimate of drug-likeness (QED) is 0.421. The van der Waals surface area contributed by atoms with E-state index in [0.29, 0.717) is 5.57 Å². The maximum absolute atomic E-state index is 13.4. The maximum atomic E-state index is 13.4. The van der Waals surface area contributed by atoms with Crippen molar-refractivity contribution >= 4 is 23.2 Å². The van der Waals surface area contributed by atoms with Gasteiger partial charge in [-0.3, -0.25) is 4.79 Å². The van der Waals surface area contributed by atoms with Crippen LogP contribution in [0, 0.1) is 12.8 Å². The number of unbranched alkanes of at least 4 members (excludes halogenated alkanes) is 1. The van der Waals surface area contributed by atoms with Crippen molar-refractivity contribution in [1.82, 2.24) is 0 Å². The van der Waals surface area contributed by atoms with Gasteiger partial charge < -0.3 is 0 Å². The predicted molar refractivity (Wildman–Crippen MR) is 110 cm³/mol. The minimum atomic E-state index is -1.34. The van der Waals surface area contributed by atoms with Crippen LogP contribution in [0.1, 0.15) is 37.3 Å². The number of benzene rings is 2. The second-order valence-corrected chi connectivity index (χ2v) is 7.91. The average molecular weight is 367 g/mol. The third-order valence-electron chi connectivity index (χ3n) is 4.35. The van der Waals surface area contributed by atoms with Crippen LogP contribution in [-0.2, 0) is 15.6 Å². The number of hydrogen-bond donors (Lipinski definition) is 0. The van der Waals surface area contributed by atoms with Gasteiger partial charge in [0.15, 0.2) is 0 Å². The van der Waals surface area contributed by atoms with Crippen molar-refractivity contribution in [3.05, 3.63) is 82.8 Å². The van der Waals surface area contributed by atoms with Crippen LogP contribution < -0.4 is 0 Å². The van der Waals surface area contributed by atoms with E-state index in [1.807, 2.05) is 67.6 Å².